The Bertz CT molecular complexity index is 1070. The first-order chi connectivity index (χ1) is 17.5. The molecule has 0 saturated carbocycles. The first kappa shape index (κ1) is 26.8. The number of nitrogens with zero attached hydrogens (tertiary/aromatic N) is 1. The van der Waals surface area contributed by atoms with Crippen LogP contribution >= 0.6 is 0 Å². The maximum Gasteiger partial charge on any atom is 0.243 e. The monoisotopic (exact) mass is 488 g/mol. The highest BCUT2D eigenvalue weighted by Gasteiger charge is 2.30. The van der Waals surface area contributed by atoms with Gasteiger partial charge in [0.2, 0.25) is 11.8 Å². The van der Waals surface area contributed by atoms with Crippen LogP contribution in [0.2, 0.25) is 0 Å². The number of ether oxygens (including phenoxy) is 2. The van der Waals surface area contributed by atoms with E-state index in [9.17, 15) is 9.59 Å². The maximum atomic E-state index is 13.5. The van der Waals surface area contributed by atoms with Crippen molar-refractivity contribution in [3.8, 4) is 11.5 Å². The summed E-state index contributed by atoms with van der Waals surface area (Å²) < 4.78 is 11.0. The molecule has 0 aromatic heterocycles. The lowest BCUT2D eigenvalue weighted by Crippen LogP contribution is -2.51. The molecule has 0 radical (unpaired) electrons. The molecule has 190 valence electrons. The minimum atomic E-state index is -0.620. The van der Waals surface area contributed by atoms with E-state index in [-0.39, 0.29) is 24.3 Å². The van der Waals surface area contributed by atoms with Crippen LogP contribution in [-0.4, -0.2) is 42.5 Å². The zero-order valence-electron chi connectivity index (χ0n) is 21.4. The van der Waals surface area contributed by atoms with E-state index in [2.05, 4.69) is 5.32 Å². The molecule has 3 aromatic rings. The Labute approximate surface area is 214 Å². The van der Waals surface area contributed by atoms with Crippen molar-refractivity contribution in [2.75, 3.05) is 13.7 Å². The van der Waals surface area contributed by atoms with E-state index in [1.165, 1.54) is 0 Å². The molecule has 0 saturated heterocycles. The molecule has 0 bridgehead atoms. The molecule has 2 amide bonds. The first-order valence-corrected chi connectivity index (χ1v) is 12.4. The number of hydrogen-bond acceptors (Lipinski definition) is 4. The van der Waals surface area contributed by atoms with Crippen molar-refractivity contribution in [1.82, 2.24) is 10.2 Å². The van der Waals surface area contributed by atoms with Crippen LogP contribution < -0.4 is 14.8 Å². The maximum absolute atomic E-state index is 13.5. The van der Waals surface area contributed by atoms with Crippen LogP contribution in [0.5, 0.6) is 11.5 Å². The Balaban J connectivity index is 1.73. The van der Waals surface area contributed by atoms with Crippen molar-refractivity contribution in [2.45, 2.75) is 51.7 Å². The van der Waals surface area contributed by atoms with E-state index < -0.39 is 6.04 Å². The number of nitrogens with one attached hydrogen (secondary N) is 1. The number of benzene rings is 3. The summed E-state index contributed by atoms with van der Waals surface area (Å²) in [6.07, 6.45) is 1.27. The normalized spacial score (nSPS) is 11.6. The van der Waals surface area contributed by atoms with Gasteiger partial charge in [-0.3, -0.25) is 9.59 Å². The molecule has 6 heteroatoms. The molecular formula is C30H36N2O4. The summed E-state index contributed by atoms with van der Waals surface area (Å²) in [6.45, 7) is 4.62. The third-order valence-corrected chi connectivity index (χ3v) is 5.76. The second kappa shape index (κ2) is 13.9. The van der Waals surface area contributed by atoms with Crippen LogP contribution in [0, 0.1) is 0 Å². The van der Waals surface area contributed by atoms with Crippen molar-refractivity contribution in [2.24, 2.45) is 0 Å². The molecule has 3 rings (SSSR count). The molecule has 0 fully saturated rings. The number of methoxy groups -OCH3 is 1. The largest absolute Gasteiger partial charge is 0.497 e. The first-order valence-electron chi connectivity index (χ1n) is 12.4. The lowest BCUT2D eigenvalue weighted by Gasteiger charge is -2.32. The van der Waals surface area contributed by atoms with Gasteiger partial charge in [0, 0.05) is 25.4 Å². The quantitative estimate of drug-likeness (QED) is 0.343. The average molecular weight is 489 g/mol. The van der Waals surface area contributed by atoms with Crippen LogP contribution in [0.4, 0.5) is 0 Å². The van der Waals surface area contributed by atoms with E-state index in [0.717, 1.165) is 22.6 Å². The zero-order valence-corrected chi connectivity index (χ0v) is 21.4. The van der Waals surface area contributed by atoms with Gasteiger partial charge in [-0.15, -0.1) is 0 Å². The van der Waals surface area contributed by atoms with Crippen molar-refractivity contribution in [3.63, 3.8) is 0 Å². The topological polar surface area (TPSA) is 67.9 Å². The molecule has 1 N–H and O–H groups in total. The average Bonchev–Trinajstić information content (AvgIpc) is 2.89. The Hall–Kier alpha value is -3.80. The highest BCUT2D eigenvalue weighted by Crippen LogP contribution is 2.19. The van der Waals surface area contributed by atoms with E-state index in [1.54, 1.807) is 12.0 Å². The highest BCUT2D eigenvalue weighted by atomic mass is 16.5. The number of amides is 2. The lowest BCUT2D eigenvalue weighted by atomic mass is 10.0. The number of carbonyl (C=O) groups excluding carboxylic acids is 2. The summed E-state index contributed by atoms with van der Waals surface area (Å²) in [6, 6.07) is 26.3. The molecule has 0 spiro atoms. The van der Waals surface area contributed by atoms with Crippen LogP contribution in [0.15, 0.2) is 84.9 Å². The number of hydrogen-bond donors (Lipinski definition) is 1. The fraction of sp³-hybridized carbons (Fsp3) is 0.333. The van der Waals surface area contributed by atoms with Crippen LogP contribution in [-0.2, 0) is 22.6 Å². The zero-order chi connectivity index (χ0) is 25.8. The highest BCUT2D eigenvalue weighted by molar-refractivity contribution is 5.88. The molecule has 0 aliphatic heterocycles. The molecular weight excluding hydrogens is 452 g/mol. The Morgan fingerprint density at radius 1 is 0.833 bits per heavy atom. The van der Waals surface area contributed by atoms with Crippen molar-refractivity contribution in [3.05, 3.63) is 96.1 Å². The fourth-order valence-corrected chi connectivity index (χ4v) is 3.94. The molecule has 1 atom stereocenters. The minimum absolute atomic E-state index is 0.0256. The van der Waals surface area contributed by atoms with Gasteiger partial charge in [-0.1, -0.05) is 60.7 Å². The van der Waals surface area contributed by atoms with E-state index in [0.29, 0.717) is 26.0 Å². The van der Waals surface area contributed by atoms with Crippen molar-refractivity contribution >= 4 is 11.8 Å². The third-order valence-electron chi connectivity index (χ3n) is 5.76. The van der Waals surface area contributed by atoms with Gasteiger partial charge < -0.3 is 19.7 Å². The van der Waals surface area contributed by atoms with Gasteiger partial charge in [0.1, 0.15) is 17.5 Å². The third kappa shape index (κ3) is 8.45. The molecule has 0 aliphatic carbocycles. The summed E-state index contributed by atoms with van der Waals surface area (Å²) in [5.74, 6) is 1.27. The Morgan fingerprint density at radius 2 is 1.42 bits per heavy atom. The van der Waals surface area contributed by atoms with Gasteiger partial charge >= 0.3 is 0 Å². The number of rotatable bonds is 13. The minimum Gasteiger partial charge on any atom is -0.497 e. The summed E-state index contributed by atoms with van der Waals surface area (Å²) in [4.78, 5) is 28.6. The second-order valence-corrected chi connectivity index (χ2v) is 9.00. The van der Waals surface area contributed by atoms with Crippen molar-refractivity contribution < 1.29 is 19.1 Å². The molecule has 3 aromatic carbocycles. The van der Waals surface area contributed by atoms with Gasteiger partial charge in [-0.25, -0.2) is 0 Å². The lowest BCUT2D eigenvalue weighted by molar-refractivity contribution is -0.141. The molecule has 36 heavy (non-hydrogen) atoms. The van der Waals surface area contributed by atoms with Gasteiger partial charge in [0.05, 0.1) is 13.7 Å². The predicted octanol–water partition coefficient (Wildman–Crippen LogP) is 5.02. The molecule has 0 heterocycles. The van der Waals surface area contributed by atoms with Gasteiger partial charge in [-0.05, 0) is 55.7 Å². The van der Waals surface area contributed by atoms with Crippen LogP contribution in [0.25, 0.3) is 0 Å². The SMILES string of the molecule is COc1ccc(OCCCC(=O)N(Cc2ccccc2)[C@H](Cc2ccccc2)C(=O)NC(C)C)cc1. The van der Waals surface area contributed by atoms with Crippen LogP contribution in [0.3, 0.4) is 0 Å². The Morgan fingerprint density at radius 3 is 2.00 bits per heavy atom. The van der Waals surface area contributed by atoms with E-state index >= 15 is 0 Å². The summed E-state index contributed by atoms with van der Waals surface area (Å²) in [5.41, 5.74) is 1.99. The molecule has 0 aliphatic rings. The van der Waals surface area contributed by atoms with Crippen LogP contribution in [0.1, 0.15) is 37.8 Å². The second-order valence-electron chi connectivity index (χ2n) is 9.00. The Kier molecular flexibility index (Phi) is 10.4. The van der Waals surface area contributed by atoms with Gasteiger partial charge in [0.15, 0.2) is 0 Å². The molecule has 6 nitrogen and oxygen atoms in total. The molecule has 0 unspecified atom stereocenters. The van der Waals surface area contributed by atoms with E-state index in [4.69, 9.17) is 9.47 Å². The van der Waals surface area contributed by atoms with Crippen molar-refractivity contribution in [1.29, 1.82) is 0 Å². The van der Waals surface area contributed by atoms with Gasteiger partial charge in [0.25, 0.3) is 0 Å². The summed E-state index contributed by atoms with van der Waals surface area (Å²) in [7, 11) is 1.62. The number of carbonyl (C=O) groups is 2. The standard InChI is InChI=1S/C30H36N2O4/c1-23(2)31-30(34)28(21-24-11-6-4-7-12-24)32(22-25-13-8-5-9-14-25)29(33)15-10-20-36-27-18-16-26(35-3)17-19-27/h4-9,11-14,16-19,23,28H,10,15,20-22H2,1-3H3,(H,31,34)/t28-/m1/s1. The smallest absolute Gasteiger partial charge is 0.243 e. The van der Waals surface area contributed by atoms with E-state index in [1.807, 2.05) is 98.8 Å². The predicted molar refractivity (Wildman–Crippen MR) is 142 cm³/mol. The van der Waals surface area contributed by atoms with Gasteiger partial charge in [-0.2, -0.15) is 0 Å². The summed E-state index contributed by atoms with van der Waals surface area (Å²) >= 11 is 0. The summed E-state index contributed by atoms with van der Waals surface area (Å²) in [5, 5.41) is 3.01. The fourth-order valence-electron chi connectivity index (χ4n) is 3.94.